The lowest BCUT2D eigenvalue weighted by Gasteiger charge is -2.28. The van der Waals surface area contributed by atoms with Gasteiger partial charge in [0.2, 0.25) is 5.89 Å². The molecule has 0 unspecified atom stereocenters. The van der Waals surface area contributed by atoms with E-state index < -0.39 is 6.10 Å². The van der Waals surface area contributed by atoms with Crippen LogP contribution in [0.5, 0.6) is 5.75 Å². The van der Waals surface area contributed by atoms with Crippen LogP contribution in [-0.2, 0) is 0 Å². The topological polar surface area (TPSA) is 97.9 Å². The third-order valence-corrected chi connectivity index (χ3v) is 6.28. The van der Waals surface area contributed by atoms with Gasteiger partial charge >= 0.3 is 0 Å². The van der Waals surface area contributed by atoms with Crippen molar-refractivity contribution >= 4 is 39.9 Å². The van der Waals surface area contributed by atoms with E-state index in [1.165, 1.54) is 11.1 Å². The molecular weight excluding hydrogens is 482 g/mol. The normalized spacial score (nSPS) is 15.1. The number of aliphatic hydroxyl groups excluding tert-OH is 1. The second-order valence-electron chi connectivity index (χ2n) is 8.78. The molecule has 9 heteroatoms. The molecule has 36 heavy (non-hydrogen) atoms. The van der Waals surface area contributed by atoms with Gasteiger partial charge in [-0.1, -0.05) is 24.3 Å². The van der Waals surface area contributed by atoms with Crippen LogP contribution in [0, 0.1) is 6.92 Å². The van der Waals surface area contributed by atoms with Crippen molar-refractivity contribution in [1.82, 2.24) is 15.1 Å². The van der Waals surface area contributed by atoms with Crippen molar-refractivity contribution < 1.29 is 23.1 Å². The molecule has 0 spiro atoms. The number of β-amino-alcohol motifs (C(OH)–C–C–N with tert-alkyl or cyclic N) is 1. The predicted octanol–water partition coefficient (Wildman–Crippen LogP) is 5.49. The van der Waals surface area contributed by atoms with Gasteiger partial charge < -0.3 is 23.1 Å². The molecule has 0 fully saturated rings. The number of ether oxygens (including phenoxy) is 1. The second kappa shape index (κ2) is 10.2. The van der Waals surface area contributed by atoms with Crippen LogP contribution in [0.4, 0.5) is 0 Å². The lowest BCUT2D eigenvalue weighted by Crippen LogP contribution is -2.38. The highest BCUT2D eigenvalue weighted by molar-refractivity contribution is 5.87. The van der Waals surface area contributed by atoms with Crippen molar-refractivity contribution in [2.45, 2.75) is 19.4 Å². The molecule has 0 saturated carbocycles. The first-order valence-corrected chi connectivity index (χ1v) is 11.7. The lowest BCUT2D eigenvalue weighted by atomic mass is 9.98. The van der Waals surface area contributed by atoms with Gasteiger partial charge in [0.25, 0.3) is 5.89 Å². The van der Waals surface area contributed by atoms with Crippen molar-refractivity contribution in [1.29, 1.82) is 0 Å². The zero-order valence-corrected chi connectivity index (χ0v) is 20.5. The Labute approximate surface area is 213 Å². The maximum Gasteiger partial charge on any atom is 0.283 e. The van der Waals surface area contributed by atoms with Crippen molar-refractivity contribution in [2.75, 3.05) is 26.2 Å². The van der Waals surface area contributed by atoms with Crippen LogP contribution in [0.1, 0.15) is 17.9 Å². The van der Waals surface area contributed by atoms with Crippen molar-refractivity contribution in [3.05, 3.63) is 72.3 Å². The third-order valence-electron chi connectivity index (χ3n) is 6.28. The largest absolute Gasteiger partial charge is 0.490 e. The number of furan rings is 2. The highest BCUT2D eigenvalue weighted by atomic mass is 35.5. The summed E-state index contributed by atoms with van der Waals surface area (Å²) >= 11 is 0. The average Bonchev–Trinajstić information content (AvgIpc) is 3.62. The van der Waals surface area contributed by atoms with Crippen LogP contribution in [0.25, 0.3) is 39.2 Å². The number of fused-ring (bicyclic) bond motifs is 2. The van der Waals surface area contributed by atoms with Crippen molar-refractivity contribution in [2.24, 2.45) is 0 Å². The first-order chi connectivity index (χ1) is 17.1. The Morgan fingerprint density at radius 2 is 2.00 bits per heavy atom. The van der Waals surface area contributed by atoms with Gasteiger partial charge in [-0.25, -0.2) is 0 Å². The maximum atomic E-state index is 10.6. The van der Waals surface area contributed by atoms with E-state index in [1.54, 1.807) is 13.2 Å². The Morgan fingerprint density at radius 1 is 1.08 bits per heavy atom. The number of hydrogen-bond donors (Lipinski definition) is 1. The van der Waals surface area contributed by atoms with E-state index in [4.69, 9.17) is 18.0 Å². The zero-order valence-electron chi connectivity index (χ0n) is 19.7. The number of benzene rings is 2. The summed E-state index contributed by atoms with van der Waals surface area (Å²) in [6, 6.07) is 15.7. The molecule has 186 valence electrons. The molecule has 1 aliphatic rings. The number of hydrogen-bond acceptors (Lipinski definition) is 8. The van der Waals surface area contributed by atoms with Crippen molar-refractivity contribution in [3.8, 4) is 17.4 Å². The van der Waals surface area contributed by atoms with Crippen LogP contribution in [-0.4, -0.2) is 52.5 Å². The Bertz CT molecular complexity index is 1520. The van der Waals surface area contributed by atoms with E-state index >= 15 is 0 Å². The molecule has 2 aromatic carbocycles. The molecule has 0 aliphatic carbocycles. The Kier molecular flexibility index (Phi) is 6.82. The van der Waals surface area contributed by atoms with Gasteiger partial charge in [-0.2, -0.15) is 0 Å². The Balaban J connectivity index is 0.00000267. The summed E-state index contributed by atoms with van der Waals surface area (Å²) in [6.07, 6.45) is 4.25. The minimum absolute atomic E-state index is 0. The summed E-state index contributed by atoms with van der Waals surface area (Å²) in [5.41, 5.74) is 4.07. The molecule has 3 aromatic heterocycles. The van der Waals surface area contributed by atoms with Gasteiger partial charge in [-0.15, -0.1) is 22.6 Å². The molecule has 4 heterocycles. The van der Waals surface area contributed by atoms with Gasteiger partial charge in [0.05, 0.1) is 11.6 Å². The summed E-state index contributed by atoms with van der Waals surface area (Å²) in [5, 5.41) is 20.4. The monoisotopic (exact) mass is 507 g/mol. The molecule has 1 aliphatic heterocycles. The van der Waals surface area contributed by atoms with Crippen LogP contribution < -0.4 is 4.74 Å². The van der Waals surface area contributed by atoms with E-state index in [9.17, 15) is 5.11 Å². The van der Waals surface area contributed by atoms with Crippen LogP contribution in [0.15, 0.2) is 74.1 Å². The minimum Gasteiger partial charge on any atom is -0.490 e. The number of aryl methyl sites for hydroxylation is 1. The Morgan fingerprint density at radius 3 is 2.81 bits per heavy atom. The van der Waals surface area contributed by atoms with Gasteiger partial charge in [0, 0.05) is 38.0 Å². The minimum atomic E-state index is -0.621. The van der Waals surface area contributed by atoms with Crippen LogP contribution in [0.2, 0.25) is 0 Å². The zero-order chi connectivity index (χ0) is 23.8. The first kappa shape index (κ1) is 24.1. The van der Waals surface area contributed by atoms with Crippen LogP contribution >= 0.6 is 12.4 Å². The highest BCUT2D eigenvalue weighted by Crippen LogP contribution is 2.33. The van der Waals surface area contributed by atoms with Gasteiger partial charge in [0.1, 0.15) is 29.6 Å². The first-order valence-electron chi connectivity index (χ1n) is 11.7. The van der Waals surface area contributed by atoms with E-state index in [-0.39, 0.29) is 19.0 Å². The van der Waals surface area contributed by atoms with E-state index in [1.807, 2.05) is 30.3 Å². The average molecular weight is 508 g/mol. The fourth-order valence-electron chi connectivity index (χ4n) is 4.49. The van der Waals surface area contributed by atoms with Gasteiger partial charge in [-0.3, -0.25) is 4.90 Å². The molecule has 0 bridgehead atoms. The predicted molar refractivity (Wildman–Crippen MR) is 138 cm³/mol. The quantitative estimate of drug-likeness (QED) is 0.309. The van der Waals surface area contributed by atoms with Crippen LogP contribution in [0.3, 0.4) is 0 Å². The summed E-state index contributed by atoms with van der Waals surface area (Å²) < 4.78 is 22.8. The molecule has 0 radical (unpaired) electrons. The number of aromatic nitrogens is 2. The number of aliphatic hydroxyl groups is 1. The molecule has 6 rings (SSSR count). The number of rotatable bonds is 7. The molecule has 1 atom stereocenters. The smallest absolute Gasteiger partial charge is 0.283 e. The lowest BCUT2D eigenvalue weighted by molar-refractivity contribution is 0.0722. The summed E-state index contributed by atoms with van der Waals surface area (Å²) in [4.78, 5) is 2.23. The van der Waals surface area contributed by atoms with E-state index in [0.717, 1.165) is 35.9 Å². The Hall–Kier alpha value is -3.59. The fourth-order valence-corrected chi connectivity index (χ4v) is 4.49. The molecule has 5 aromatic rings. The van der Waals surface area contributed by atoms with E-state index in [2.05, 4.69) is 39.4 Å². The van der Waals surface area contributed by atoms with E-state index in [0.29, 0.717) is 35.4 Å². The SMILES string of the molecule is Cc1nnc(-c2cc3c(OC[C@@H](O)CN4CC=C(c5ccc6ccoc6c5)CC4)cccc3o2)o1.Cl. The summed E-state index contributed by atoms with van der Waals surface area (Å²) in [6.45, 7) is 4.11. The second-order valence-corrected chi connectivity index (χ2v) is 8.78. The summed E-state index contributed by atoms with van der Waals surface area (Å²) in [5.74, 6) is 1.92. The molecular formula is C27H26ClN3O5. The van der Waals surface area contributed by atoms with Crippen molar-refractivity contribution in [3.63, 3.8) is 0 Å². The summed E-state index contributed by atoms with van der Waals surface area (Å²) in [7, 11) is 0. The maximum absolute atomic E-state index is 10.6. The molecule has 1 N–H and O–H groups in total. The molecule has 8 nitrogen and oxygen atoms in total. The van der Waals surface area contributed by atoms with Gasteiger partial charge in [-0.05, 0) is 41.8 Å². The van der Waals surface area contributed by atoms with Gasteiger partial charge in [0.15, 0.2) is 5.76 Å². The molecule has 0 saturated heterocycles. The number of halogens is 1. The highest BCUT2D eigenvalue weighted by Gasteiger charge is 2.19. The third kappa shape index (κ3) is 4.88. The fraction of sp³-hybridized carbons (Fsp3) is 0.259. The number of nitrogens with zero attached hydrogens (tertiary/aromatic N) is 3. The molecule has 0 amide bonds. The standard InChI is InChI=1S/C27H25N3O5.ClH/c1-17-28-29-27(34-17)26-14-22-23(3-2-4-24(22)35-26)33-16-21(31)15-30-10-7-18(8-11-30)20-6-5-19-9-12-32-25(19)13-20;/h2-7,9,12-14,21,31H,8,10-11,15-16H2,1H3;1H/t21-;/m0./s1.